The lowest BCUT2D eigenvalue weighted by molar-refractivity contribution is 0.130. The van der Waals surface area contributed by atoms with Crippen LogP contribution in [0.25, 0.3) is 0 Å². The van der Waals surface area contributed by atoms with Gasteiger partial charge in [-0.2, -0.15) is 0 Å². The minimum absolute atomic E-state index is 0.213. The summed E-state index contributed by atoms with van der Waals surface area (Å²) in [4.78, 5) is 0. The molecule has 0 saturated heterocycles. The molecule has 0 bridgehead atoms. The fourth-order valence-electron chi connectivity index (χ4n) is 1.78. The van der Waals surface area contributed by atoms with Gasteiger partial charge in [0, 0.05) is 10.5 Å². The Bertz CT molecular complexity index is 359. The Balaban J connectivity index is 2.52. The van der Waals surface area contributed by atoms with Crippen LogP contribution in [0.15, 0.2) is 22.7 Å². The van der Waals surface area contributed by atoms with Gasteiger partial charge in [-0.15, -0.1) is 0 Å². The number of nitrogens with two attached hydrogens (primary N) is 1. The molecule has 2 unspecified atom stereocenters. The van der Waals surface area contributed by atoms with Gasteiger partial charge in [-0.25, -0.2) is 4.39 Å². The van der Waals surface area contributed by atoms with Gasteiger partial charge in [-0.3, -0.25) is 0 Å². The lowest BCUT2D eigenvalue weighted by Gasteiger charge is -2.18. The van der Waals surface area contributed by atoms with Gasteiger partial charge in [0.2, 0.25) is 0 Å². The summed E-state index contributed by atoms with van der Waals surface area (Å²) in [5, 5.41) is 9.81. The van der Waals surface area contributed by atoms with Crippen LogP contribution in [0, 0.1) is 5.82 Å². The second-order valence-corrected chi connectivity index (χ2v) is 5.21. The number of halogens is 2. The molecule has 1 rings (SSSR count). The first-order valence-electron chi connectivity index (χ1n) is 5.92. The number of hydrogen-bond acceptors (Lipinski definition) is 2. The van der Waals surface area contributed by atoms with E-state index in [1.165, 1.54) is 6.07 Å². The number of rotatable bonds is 6. The summed E-state index contributed by atoms with van der Waals surface area (Å²) >= 11 is 3.30. The van der Waals surface area contributed by atoms with E-state index in [1.54, 1.807) is 12.1 Å². The Hall–Kier alpha value is -0.450. The van der Waals surface area contributed by atoms with E-state index < -0.39 is 6.10 Å². The van der Waals surface area contributed by atoms with Crippen molar-refractivity contribution in [3.63, 3.8) is 0 Å². The molecule has 0 aromatic heterocycles. The van der Waals surface area contributed by atoms with E-state index in [2.05, 4.69) is 15.9 Å². The highest BCUT2D eigenvalue weighted by Gasteiger charge is 2.14. The van der Waals surface area contributed by atoms with E-state index >= 15 is 0 Å². The molecule has 0 heterocycles. The quantitative estimate of drug-likeness (QED) is 0.848. The van der Waals surface area contributed by atoms with E-state index in [1.807, 2.05) is 6.92 Å². The lowest BCUT2D eigenvalue weighted by atomic mass is 9.99. The van der Waals surface area contributed by atoms with Gasteiger partial charge in [0.05, 0.1) is 6.10 Å². The van der Waals surface area contributed by atoms with E-state index in [4.69, 9.17) is 5.73 Å². The third kappa shape index (κ3) is 4.74. The summed E-state index contributed by atoms with van der Waals surface area (Å²) in [6, 6.07) is 4.62. The summed E-state index contributed by atoms with van der Waals surface area (Å²) in [6.45, 7) is 2.03. The van der Waals surface area contributed by atoms with Crippen LogP contribution >= 0.6 is 15.9 Å². The molecule has 0 aliphatic rings. The molecular weight excluding hydrogens is 285 g/mol. The molecule has 3 N–H and O–H groups in total. The van der Waals surface area contributed by atoms with Crippen LogP contribution in [-0.4, -0.2) is 17.3 Å². The summed E-state index contributed by atoms with van der Waals surface area (Å²) < 4.78 is 14.3. The number of aliphatic hydroxyl groups is 1. The minimum Gasteiger partial charge on any atom is -0.392 e. The Morgan fingerprint density at radius 3 is 2.76 bits per heavy atom. The molecule has 0 saturated carbocycles. The maximum Gasteiger partial charge on any atom is 0.126 e. The zero-order valence-electron chi connectivity index (χ0n) is 10.00. The molecule has 2 nitrogen and oxygen atoms in total. The monoisotopic (exact) mass is 303 g/mol. The van der Waals surface area contributed by atoms with Crippen LogP contribution in [0.5, 0.6) is 0 Å². The Morgan fingerprint density at radius 1 is 1.41 bits per heavy atom. The predicted molar refractivity (Wildman–Crippen MR) is 71.3 cm³/mol. The standard InChI is InChI=1S/C13H19BrFNO/c1-2-3-12(16)13(17)7-4-9-8-10(14)5-6-11(9)15/h5-6,8,12-13,17H,2-4,7,16H2,1H3. The summed E-state index contributed by atoms with van der Waals surface area (Å²) in [6.07, 6.45) is 2.18. The van der Waals surface area contributed by atoms with Crippen LogP contribution < -0.4 is 5.73 Å². The number of hydrogen-bond donors (Lipinski definition) is 2. The first-order valence-corrected chi connectivity index (χ1v) is 6.71. The highest BCUT2D eigenvalue weighted by Crippen LogP contribution is 2.18. The minimum atomic E-state index is -0.562. The summed E-state index contributed by atoms with van der Waals surface area (Å²) in [5.74, 6) is -0.232. The van der Waals surface area contributed by atoms with Crippen molar-refractivity contribution in [1.82, 2.24) is 0 Å². The van der Waals surface area contributed by atoms with Crippen molar-refractivity contribution in [3.8, 4) is 0 Å². The van der Waals surface area contributed by atoms with E-state index in [9.17, 15) is 9.50 Å². The summed E-state index contributed by atoms with van der Waals surface area (Å²) in [7, 11) is 0. The van der Waals surface area contributed by atoms with Gasteiger partial charge in [0.15, 0.2) is 0 Å². The van der Waals surface area contributed by atoms with Gasteiger partial charge in [0.25, 0.3) is 0 Å². The molecule has 0 aliphatic carbocycles. The fourth-order valence-corrected chi connectivity index (χ4v) is 2.19. The maximum atomic E-state index is 13.4. The average Bonchev–Trinajstić information content (AvgIpc) is 2.30. The largest absolute Gasteiger partial charge is 0.392 e. The van der Waals surface area contributed by atoms with E-state index in [0.717, 1.165) is 17.3 Å². The van der Waals surface area contributed by atoms with Crippen molar-refractivity contribution in [1.29, 1.82) is 0 Å². The van der Waals surface area contributed by atoms with Crippen LogP contribution in [0.1, 0.15) is 31.7 Å². The van der Waals surface area contributed by atoms with Gasteiger partial charge in [0.1, 0.15) is 5.82 Å². The molecule has 1 aromatic rings. The molecule has 0 aliphatic heterocycles. The van der Waals surface area contributed by atoms with Crippen LogP contribution in [0.4, 0.5) is 4.39 Å². The highest BCUT2D eigenvalue weighted by molar-refractivity contribution is 9.10. The molecule has 96 valence electrons. The molecule has 17 heavy (non-hydrogen) atoms. The van der Waals surface area contributed by atoms with Crippen LogP contribution in [-0.2, 0) is 6.42 Å². The molecule has 0 spiro atoms. The van der Waals surface area contributed by atoms with Crippen LogP contribution in [0.2, 0.25) is 0 Å². The molecule has 0 fully saturated rings. The number of benzene rings is 1. The Kier molecular flexibility index (Phi) is 6.09. The zero-order valence-corrected chi connectivity index (χ0v) is 11.6. The SMILES string of the molecule is CCCC(N)C(O)CCc1cc(Br)ccc1F. The first kappa shape index (κ1) is 14.6. The van der Waals surface area contributed by atoms with Gasteiger partial charge < -0.3 is 10.8 Å². The maximum absolute atomic E-state index is 13.4. The third-order valence-corrected chi connectivity index (χ3v) is 3.33. The lowest BCUT2D eigenvalue weighted by Crippen LogP contribution is -2.34. The van der Waals surface area contributed by atoms with E-state index in [0.29, 0.717) is 18.4 Å². The first-order chi connectivity index (χ1) is 8.04. The third-order valence-electron chi connectivity index (χ3n) is 2.83. The van der Waals surface area contributed by atoms with E-state index in [-0.39, 0.29) is 11.9 Å². The van der Waals surface area contributed by atoms with Crippen molar-refractivity contribution >= 4 is 15.9 Å². The van der Waals surface area contributed by atoms with Crippen molar-refractivity contribution in [2.24, 2.45) is 5.73 Å². The Labute approximate surface area is 110 Å². The van der Waals surface area contributed by atoms with Gasteiger partial charge in [-0.05, 0) is 43.0 Å². The number of aryl methyl sites for hydroxylation is 1. The zero-order chi connectivity index (χ0) is 12.8. The molecule has 2 atom stereocenters. The predicted octanol–water partition coefficient (Wildman–Crippen LogP) is 3.01. The second-order valence-electron chi connectivity index (χ2n) is 4.29. The van der Waals surface area contributed by atoms with Gasteiger partial charge >= 0.3 is 0 Å². The Morgan fingerprint density at radius 2 is 2.12 bits per heavy atom. The normalized spacial score (nSPS) is 14.6. The summed E-state index contributed by atoms with van der Waals surface area (Å²) in [5.41, 5.74) is 6.42. The van der Waals surface area contributed by atoms with Crippen molar-refractivity contribution < 1.29 is 9.50 Å². The molecule has 4 heteroatoms. The molecule has 0 amide bonds. The average molecular weight is 304 g/mol. The highest BCUT2D eigenvalue weighted by atomic mass is 79.9. The second kappa shape index (κ2) is 7.09. The molecule has 1 aromatic carbocycles. The number of aliphatic hydroxyl groups excluding tert-OH is 1. The fraction of sp³-hybridized carbons (Fsp3) is 0.538. The molecule has 0 radical (unpaired) electrons. The topological polar surface area (TPSA) is 46.2 Å². The smallest absolute Gasteiger partial charge is 0.126 e. The van der Waals surface area contributed by atoms with Crippen LogP contribution in [0.3, 0.4) is 0 Å². The molecular formula is C13H19BrFNO. The van der Waals surface area contributed by atoms with Crippen molar-refractivity contribution in [2.45, 2.75) is 44.8 Å². The van der Waals surface area contributed by atoms with Crippen molar-refractivity contribution in [3.05, 3.63) is 34.1 Å². The van der Waals surface area contributed by atoms with Crippen molar-refractivity contribution in [2.75, 3.05) is 0 Å². The van der Waals surface area contributed by atoms with Gasteiger partial charge in [-0.1, -0.05) is 29.3 Å².